The molecule has 2 heteroatoms. The van der Waals surface area contributed by atoms with Gasteiger partial charge in [-0.25, -0.2) is 0 Å². The molecule has 20 heavy (non-hydrogen) atoms. The van der Waals surface area contributed by atoms with Crippen molar-refractivity contribution in [1.82, 2.24) is 4.98 Å². The number of aryl methyl sites for hydroxylation is 2. The molecule has 112 valence electrons. The van der Waals surface area contributed by atoms with Gasteiger partial charge in [0.25, 0.3) is 0 Å². The lowest BCUT2D eigenvalue weighted by Crippen LogP contribution is -2.24. The van der Waals surface area contributed by atoms with E-state index in [-0.39, 0.29) is 0 Å². The molecule has 1 aliphatic carbocycles. The van der Waals surface area contributed by atoms with Gasteiger partial charge in [0.2, 0.25) is 0 Å². The van der Waals surface area contributed by atoms with E-state index in [0.29, 0.717) is 6.10 Å². The molecule has 1 heterocycles. The molecule has 1 aliphatic rings. The van der Waals surface area contributed by atoms with E-state index in [1.807, 2.05) is 6.20 Å². The van der Waals surface area contributed by atoms with E-state index in [2.05, 4.69) is 31.8 Å². The van der Waals surface area contributed by atoms with Crippen LogP contribution in [0.3, 0.4) is 0 Å². The second-order valence-corrected chi connectivity index (χ2v) is 6.19. The molecule has 1 aromatic heterocycles. The van der Waals surface area contributed by atoms with Crippen LogP contribution in [-0.4, -0.2) is 11.1 Å². The van der Waals surface area contributed by atoms with Gasteiger partial charge in [-0.2, -0.15) is 0 Å². The first-order valence-corrected chi connectivity index (χ1v) is 8.35. The molecule has 0 aromatic carbocycles. The van der Waals surface area contributed by atoms with Crippen LogP contribution in [0.25, 0.3) is 0 Å². The number of rotatable bonds is 6. The number of ether oxygens (including phenoxy) is 1. The molecular weight excluding hydrogens is 246 g/mol. The molecule has 0 unspecified atom stereocenters. The molecule has 1 fully saturated rings. The minimum atomic E-state index is 0.404. The molecule has 2 nitrogen and oxygen atoms in total. The van der Waals surface area contributed by atoms with Gasteiger partial charge in [-0.3, -0.25) is 4.98 Å². The van der Waals surface area contributed by atoms with Crippen LogP contribution >= 0.6 is 0 Å². The number of hydrogen-bond donors (Lipinski definition) is 0. The van der Waals surface area contributed by atoms with Crippen molar-refractivity contribution in [2.75, 3.05) is 0 Å². The predicted octanol–water partition coefficient (Wildman–Crippen LogP) is 5.08. The summed E-state index contributed by atoms with van der Waals surface area (Å²) < 4.78 is 6.13. The smallest absolute Gasteiger partial charge is 0.138 e. The van der Waals surface area contributed by atoms with E-state index in [0.717, 1.165) is 18.1 Å². The summed E-state index contributed by atoms with van der Waals surface area (Å²) in [4.78, 5) is 4.49. The van der Waals surface area contributed by atoms with Crippen LogP contribution < -0.4 is 4.74 Å². The quantitative estimate of drug-likeness (QED) is 0.722. The van der Waals surface area contributed by atoms with Crippen LogP contribution in [0.1, 0.15) is 70.1 Å². The van der Waals surface area contributed by atoms with E-state index in [1.54, 1.807) is 0 Å². The number of pyridine rings is 1. The Bertz CT molecular complexity index is 408. The Labute approximate surface area is 124 Å². The second kappa shape index (κ2) is 7.66. The van der Waals surface area contributed by atoms with Crippen molar-refractivity contribution in [3.05, 3.63) is 23.5 Å². The number of aromatic nitrogens is 1. The summed E-state index contributed by atoms with van der Waals surface area (Å²) >= 11 is 0. The Kier molecular flexibility index (Phi) is 5.87. The van der Waals surface area contributed by atoms with Gasteiger partial charge < -0.3 is 4.74 Å². The molecule has 0 atom stereocenters. The Morgan fingerprint density at radius 3 is 2.55 bits per heavy atom. The lowest BCUT2D eigenvalue weighted by molar-refractivity contribution is 0.127. The third kappa shape index (κ3) is 4.22. The van der Waals surface area contributed by atoms with Gasteiger partial charge in [0.15, 0.2) is 0 Å². The Morgan fingerprint density at radius 1 is 1.20 bits per heavy atom. The van der Waals surface area contributed by atoms with Crippen LogP contribution in [-0.2, 0) is 6.42 Å². The highest BCUT2D eigenvalue weighted by Gasteiger charge is 2.22. The summed E-state index contributed by atoms with van der Waals surface area (Å²) in [6, 6.07) is 2.15. The van der Waals surface area contributed by atoms with Crippen LogP contribution in [0.2, 0.25) is 0 Å². The fourth-order valence-corrected chi connectivity index (χ4v) is 3.24. The topological polar surface area (TPSA) is 22.1 Å². The molecule has 0 amide bonds. The highest BCUT2D eigenvalue weighted by atomic mass is 16.5. The molecule has 0 spiro atoms. The van der Waals surface area contributed by atoms with Gasteiger partial charge >= 0.3 is 0 Å². The maximum absolute atomic E-state index is 6.13. The van der Waals surface area contributed by atoms with Gasteiger partial charge in [0.05, 0.1) is 12.3 Å². The number of nitrogens with zero attached hydrogens (tertiary/aromatic N) is 1. The molecule has 0 radical (unpaired) electrons. The van der Waals surface area contributed by atoms with Crippen molar-refractivity contribution >= 4 is 0 Å². The number of unbranched alkanes of at least 4 members (excludes halogenated alkanes) is 1. The largest absolute Gasteiger partial charge is 0.489 e. The zero-order valence-corrected chi connectivity index (χ0v) is 13.3. The third-order valence-corrected chi connectivity index (χ3v) is 4.56. The molecule has 0 bridgehead atoms. The summed E-state index contributed by atoms with van der Waals surface area (Å²) in [6.45, 7) is 6.55. The first kappa shape index (κ1) is 15.3. The van der Waals surface area contributed by atoms with Crippen LogP contribution in [0.5, 0.6) is 5.75 Å². The zero-order valence-electron chi connectivity index (χ0n) is 13.3. The van der Waals surface area contributed by atoms with Crippen molar-refractivity contribution in [2.24, 2.45) is 5.92 Å². The summed E-state index contributed by atoms with van der Waals surface area (Å²) in [5.41, 5.74) is 2.43. The van der Waals surface area contributed by atoms with E-state index >= 15 is 0 Å². The highest BCUT2D eigenvalue weighted by molar-refractivity contribution is 5.28. The average Bonchev–Trinajstić information content (AvgIpc) is 2.47. The standard InChI is InChI=1S/C18H29NO/c1-4-6-7-15-8-10-16(11-9-15)20-17-12-14(3)18(5-2)19-13-17/h12-13,15-16H,4-11H2,1-3H3/t15-,16-. The van der Waals surface area contributed by atoms with E-state index < -0.39 is 0 Å². The summed E-state index contributed by atoms with van der Waals surface area (Å²) in [7, 11) is 0. The van der Waals surface area contributed by atoms with Gasteiger partial charge in [-0.15, -0.1) is 0 Å². The van der Waals surface area contributed by atoms with Crippen molar-refractivity contribution in [3.8, 4) is 5.75 Å². The van der Waals surface area contributed by atoms with Crippen molar-refractivity contribution < 1.29 is 4.74 Å². The van der Waals surface area contributed by atoms with E-state index in [1.165, 1.54) is 56.2 Å². The Morgan fingerprint density at radius 2 is 1.95 bits per heavy atom. The van der Waals surface area contributed by atoms with Crippen molar-refractivity contribution in [1.29, 1.82) is 0 Å². The summed E-state index contributed by atoms with van der Waals surface area (Å²) in [5.74, 6) is 1.90. The summed E-state index contributed by atoms with van der Waals surface area (Å²) in [6.07, 6.45) is 12.5. The Balaban J connectivity index is 1.82. The molecule has 1 saturated carbocycles. The van der Waals surface area contributed by atoms with E-state index in [4.69, 9.17) is 4.74 Å². The minimum Gasteiger partial charge on any atom is -0.489 e. The lowest BCUT2D eigenvalue weighted by Gasteiger charge is -2.29. The molecule has 0 N–H and O–H groups in total. The predicted molar refractivity (Wildman–Crippen MR) is 84.3 cm³/mol. The first-order chi connectivity index (χ1) is 9.72. The van der Waals surface area contributed by atoms with E-state index in [9.17, 15) is 0 Å². The maximum Gasteiger partial charge on any atom is 0.138 e. The highest BCUT2D eigenvalue weighted by Crippen LogP contribution is 2.30. The SMILES string of the molecule is CCCC[C@H]1CC[C@H](Oc2cnc(CC)c(C)c2)CC1. The van der Waals surface area contributed by atoms with Gasteiger partial charge in [0, 0.05) is 5.69 Å². The first-order valence-electron chi connectivity index (χ1n) is 8.35. The van der Waals surface area contributed by atoms with Gasteiger partial charge in [-0.05, 0) is 56.6 Å². The Hall–Kier alpha value is -1.05. The molecule has 2 rings (SSSR count). The molecular formula is C18H29NO. The molecule has 0 saturated heterocycles. The zero-order chi connectivity index (χ0) is 14.4. The fourth-order valence-electron chi connectivity index (χ4n) is 3.24. The minimum absolute atomic E-state index is 0.404. The summed E-state index contributed by atoms with van der Waals surface area (Å²) in [5, 5.41) is 0. The molecule has 0 aliphatic heterocycles. The normalized spacial score (nSPS) is 22.8. The fraction of sp³-hybridized carbons (Fsp3) is 0.722. The van der Waals surface area contributed by atoms with Gasteiger partial charge in [0.1, 0.15) is 5.75 Å². The average molecular weight is 275 g/mol. The van der Waals surface area contributed by atoms with Crippen LogP contribution in [0, 0.1) is 12.8 Å². The van der Waals surface area contributed by atoms with Gasteiger partial charge in [-0.1, -0.05) is 33.1 Å². The molecule has 1 aromatic rings. The monoisotopic (exact) mass is 275 g/mol. The van der Waals surface area contributed by atoms with Crippen LogP contribution in [0.15, 0.2) is 12.3 Å². The maximum atomic E-state index is 6.13. The lowest BCUT2D eigenvalue weighted by atomic mass is 9.84. The van der Waals surface area contributed by atoms with Crippen molar-refractivity contribution in [3.63, 3.8) is 0 Å². The second-order valence-electron chi connectivity index (χ2n) is 6.19. The third-order valence-electron chi connectivity index (χ3n) is 4.56. The van der Waals surface area contributed by atoms with Crippen LogP contribution in [0.4, 0.5) is 0 Å². The number of hydrogen-bond acceptors (Lipinski definition) is 2. The van der Waals surface area contributed by atoms with Crippen molar-refractivity contribution in [2.45, 2.75) is 78.2 Å².